The van der Waals surface area contributed by atoms with Gasteiger partial charge >= 0.3 is 0 Å². The van der Waals surface area contributed by atoms with Crippen LogP contribution in [0, 0.1) is 6.92 Å². The average molecular weight is 301 g/mol. The fraction of sp³-hybridized carbons (Fsp3) is 0.412. The second kappa shape index (κ2) is 6.22. The van der Waals surface area contributed by atoms with Crippen LogP contribution < -0.4 is 0 Å². The number of phenolic OH excluding ortho intramolecular Hbond substituents is 1. The Kier molecular flexibility index (Phi) is 4.54. The second-order valence-corrected chi connectivity index (χ2v) is 6.00. The molecule has 0 atom stereocenters. The van der Waals surface area contributed by atoms with Crippen molar-refractivity contribution in [2.45, 2.75) is 33.2 Å². The zero-order chi connectivity index (χ0) is 16.4. The first-order valence-corrected chi connectivity index (χ1v) is 7.37. The molecule has 1 aromatic carbocycles. The van der Waals surface area contributed by atoms with Crippen LogP contribution in [0.15, 0.2) is 24.4 Å². The maximum atomic E-state index is 12.5. The predicted molar refractivity (Wildman–Crippen MR) is 85.9 cm³/mol. The molecule has 0 saturated heterocycles. The van der Waals surface area contributed by atoms with Gasteiger partial charge in [0.05, 0.1) is 11.3 Å². The molecule has 118 valence electrons. The molecule has 0 radical (unpaired) electrons. The smallest absolute Gasteiger partial charge is 0.257 e. The van der Waals surface area contributed by atoms with Gasteiger partial charge in [0.15, 0.2) is 0 Å². The molecule has 0 aliphatic heterocycles. The van der Waals surface area contributed by atoms with Crippen molar-refractivity contribution >= 4 is 5.91 Å². The lowest BCUT2D eigenvalue weighted by atomic mass is 10.1. The summed E-state index contributed by atoms with van der Waals surface area (Å²) in [6.45, 7) is 6.41. The Morgan fingerprint density at radius 2 is 2.09 bits per heavy atom. The van der Waals surface area contributed by atoms with Crippen LogP contribution in [0.5, 0.6) is 5.75 Å². The van der Waals surface area contributed by atoms with E-state index in [1.165, 1.54) is 0 Å². The number of hydrogen-bond acceptors (Lipinski definition) is 3. The van der Waals surface area contributed by atoms with Crippen molar-refractivity contribution in [3.8, 4) is 5.75 Å². The van der Waals surface area contributed by atoms with Crippen LogP contribution in [0.3, 0.4) is 0 Å². The summed E-state index contributed by atoms with van der Waals surface area (Å²) >= 11 is 0. The molecule has 1 N–H and O–H groups in total. The summed E-state index contributed by atoms with van der Waals surface area (Å²) in [4.78, 5) is 14.2. The molecule has 0 aliphatic carbocycles. The Hall–Kier alpha value is -2.30. The minimum atomic E-state index is -0.195. The van der Waals surface area contributed by atoms with E-state index >= 15 is 0 Å². The van der Waals surface area contributed by atoms with Gasteiger partial charge in [0, 0.05) is 32.4 Å². The Bertz CT molecular complexity index is 689. The van der Waals surface area contributed by atoms with Gasteiger partial charge in [-0.2, -0.15) is 5.10 Å². The van der Waals surface area contributed by atoms with Gasteiger partial charge in [-0.25, -0.2) is 0 Å². The number of carbonyl (C=O) groups excluding carboxylic acids is 1. The van der Waals surface area contributed by atoms with E-state index in [2.05, 4.69) is 18.9 Å². The van der Waals surface area contributed by atoms with Gasteiger partial charge in [-0.15, -0.1) is 0 Å². The lowest BCUT2D eigenvalue weighted by Crippen LogP contribution is -2.26. The summed E-state index contributed by atoms with van der Waals surface area (Å²) in [5.74, 6) is 0.154. The largest absolute Gasteiger partial charge is 0.507 e. The van der Waals surface area contributed by atoms with Crippen molar-refractivity contribution < 1.29 is 9.90 Å². The second-order valence-electron chi connectivity index (χ2n) is 6.00. The molecule has 5 heteroatoms. The van der Waals surface area contributed by atoms with Crippen LogP contribution >= 0.6 is 0 Å². The molecule has 0 fully saturated rings. The third kappa shape index (κ3) is 3.13. The molecule has 2 aromatic rings. The zero-order valence-corrected chi connectivity index (χ0v) is 13.8. The minimum Gasteiger partial charge on any atom is -0.507 e. The molecule has 1 aromatic heterocycles. The Morgan fingerprint density at radius 1 is 1.41 bits per heavy atom. The summed E-state index contributed by atoms with van der Waals surface area (Å²) < 4.78 is 1.77. The molecule has 2 rings (SSSR count). The number of hydrogen-bond donors (Lipinski definition) is 1. The van der Waals surface area contributed by atoms with Crippen LogP contribution in [-0.2, 0) is 13.6 Å². The topological polar surface area (TPSA) is 58.4 Å². The highest BCUT2D eigenvalue weighted by Crippen LogP contribution is 2.24. The van der Waals surface area contributed by atoms with Gasteiger partial charge in [-0.05, 0) is 24.5 Å². The van der Waals surface area contributed by atoms with Crippen LogP contribution in [0.25, 0.3) is 0 Å². The molecule has 0 bridgehead atoms. The molecule has 0 spiro atoms. The number of amides is 1. The number of aryl methyl sites for hydroxylation is 2. The minimum absolute atomic E-state index is 0.0506. The molecule has 0 saturated carbocycles. The van der Waals surface area contributed by atoms with E-state index < -0.39 is 0 Å². The number of para-hydroxylation sites is 1. The molecule has 0 unspecified atom stereocenters. The van der Waals surface area contributed by atoms with E-state index in [4.69, 9.17) is 0 Å². The summed E-state index contributed by atoms with van der Waals surface area (Å²) in [6, 6.07) is 5.21. The van der Waals surface area contributed by atoms with E-state index in [1.807, 2.05) is 13.2 Å². The summed E-state index contributed by atoms with van der Waals surface area (Å²) in [6.07, 6.45) is 1.94. The molecule has 1 heterocycles. The molecule has 0 aliphatic rings. The van der Waals surface area contributed by atoms with Gasteiger partial charge < -0.3 is 10.0 Å². The van der Waals surface area contributed by atoms with E-state index in [0.717, 1.165) is 11.3 Å². The number of benzene rings is 1. The first kappa shape index (κ1) is 16.1. The summed E-state index contributed by atoms with van der Waals surface area (Å²) in [7, 11) is 3.62. The summed E-state index contributed by atoms with van der Waals surface area (Å²) in [5, 5.41) is 14.5. The lowest BCUT2D eigenvalue weighted by Gasteiger charge is -2.18. The van der Waals surface area contributed by atoms with E-state index in [0.29, 0.717) is 23.6 Å². The SMILES string of the molecule is Cc1cccc(C(=O)N(C)Cc2cn(C)nc2C(C)C)c1O. The van der Waals surface area contributed by atoms with Crippen molar-refractivity contribution in [3.05, 3.63) is 46.8 Å². The normalized spacial score (nSPS) is 11.0. The van der Waals surface area contributed by atoms with Crippen LogP contribution in [0.2, 0.25) is 0 Å². The lowest BCUT2D eigenvalue weighted by molar-refractivity contribution is 0.0781. The summed E-state index contributed by atoms with van der Waals surface area (Å²) in [5.41, 5.74) is 3.05. The van der Waals surface area contributed by atoms with Gasteiger partial charge in [0.25, 0.3) is 5.91 Å². The van der Waals surface area contributed by atoms with Gasteiger partial charge in [-0.1, -0.05) is 26.0 Å². The van der Waals surface area contributed by atoms with E-state index in [9.17, 15) is 9.90 Å². The highest BCUT2D eigenvalue weighted by molar-refractivity contribution is 5.97. The number of phenols is 1. The maximum absolute atomic E-state index is 12.5. The van der Waals surface area contributed by atoms with E-state index in [-0.39, 0.29) is 11.7 Å². The monoisotopic (exact) mass is 301 g/mol. The number of aromatic hydroxyl groups is 1. The molecular formula is C17H23N3O2. The Balaban J connectivity index is 2.24. The van der Waals surface area contributed by atoms with Crippen molar-refractivity contribution in [1.82, 2.24) is 14.7 Å². The van der Waals surface area contributed by atoms with Crippen molar-refractivity contribution in [2.24, 2.45) is 7.05 Å². The maximum Gasteiger partial charge on any atom is 0.257 e. The van der Waals surface area contributed by atoms with E-state index in [1.54, 1.807) is 41.8 Å². The molecular weight excluding hydrogens is 278 g/mol. The van der Waals surface area contributed by atoms with Crippen LogP contribution in [0.1, 0.15) is 46.9 Å². The Labute approximate surface area is 131 Å². The van der Waals surface area contributed by atoms with Crippen LogP contribution in [-0.4, -0.2) is 32.7 Å². The number of aromatic nitrogens is 2. The fourth-order valence-corrected chi connectivity index (χ4v) is 2.53. The van der Waals surface area contributed by atoms with Gasteiger partial charge in [0.2, 0.25) is 0 Å². The highest BCUT2D eigenvalue weighted by Gasteiger charge is 2.19. The van der Waals surface area contributed by atoms with Crippen molar-refractivity contribution in [1.29, 1.82) is 0 Å². The average Bonchev–Trinajstić information content (AvgIpc) is 2.82. The van der Waals surface area contributed by atoms with Gasteiger partial charge in [0.1, 0.15) is 5.75 Å². The Morgan fingerprint density at radius 3 is 2.73 bits per heavy atom. The number of carbonyl (C=O) groups is 1. The molecule has 1 amide bonds. The standard InChI is InChI=1S/C17H23N3O2/c1-11(2)15-13(10-20(5)18-15)9-19(4)17(22)14-8-6-7-12(3)16(14)21/h6-8,10-11,21H,9H2,1-5H3. The number of nitrogens with zero attached hydrogens (tertiary/aromatic N) is 3. The van der Waals surface area contributed by atoms with Crippen LogP contribution in [0.4, 0.5) is 0 Å². The highest BCUT2D eigenvalue weighted by atomic mass is 16.3. The first-order chi connectivity index (χ1) is 10.3. The third-order valence-electron chi connectivity index (χ3n) is 3.71. The molecule has 22 heavy (non-hydrogen) atoms. The first-order valence-electron chi connectivity index (χ1n) is 7.37. The number of rotatable bonds is 4. The quantitative estimate of drug-likeness (QED) is 0.944. The molecule has 5 nitrogen and oxygen atoms in total. The fourth-order valence-electron chi connectivity index (χ4n) is 2.53. The predicted octanol–water partition coefficient (Wildman–Crippen LogP) is 2.83. The zero-order valence-electron chi connectivity index (χ0n) is 13.8. The van der Waals surface area contributed by atoms with Gasteiger partial charge in [-0.3, -0.25) is 9.48 Å². The third-order valence-corrected chi connectivity index (χ3v) is 3.71. The van der Waals surface area contributed by atoms with Crippen molar-refractivity contribution in [2.75, 3.05) is 7.05 Å². The van der Waals surface area contributed by atoms with Crippen molar-refractivity contribution in [3.63, 3.8) is 0 Å².